The van der Waals surface area contributed by atoms with Crippen molar-refractivity contribution in [3.05, 3.63) is 182 Å². The van der Waals surface area contributed by atoms with Gasteiger partial charge in [0.2, 0.25) is 0 Å². The molecule has 0 aliphatic carbocycles. The number of aromatic nitrogens is 1. The lowest BCUT2D eigenvalue weighted by Gasteiger charge is -2.28. The SMILES string of the molecule is c1ccc(-n2c3cc(N(c4cc5ccccc5c5ccccc45)c4cccc5c4oc4ccccc45)ccc3c3cc4ccccc4cc32)cc1. The molecule has 0 bridgehead atoms. The van der Waals surface area contributed by atoms with Crippen molar-refractivity contribution in [1.82, 2.24) is 4.57 Å². The van der Waals surface area contributed by atoms with E-state index in [9.17, 15) is 0 Å². The average Bonchev–Trinajstić information content (AvgIpc) is 3.73. The lowest BCUT2D eigenvalue weighted by atomic mass is 9.98. The van der Waals surface area contributed by atoms with Crippen LogP contribution in [0.5, 0.6) is 0 Å². The highest BCUT2D eigenvalue weighted by molar-refractivity contribution is 6.18. The zero-order valence-electron chi connectivity index (χ0n) is 27.6. The summed E-state index contributed by atoms with van der Waals surface area (Å²) in [5.74, 6) is 0. The highest BCUT2D eigenvalue weighted by atomic mass is 16.3. The van der Waals surface area contributed by atoms with Crippen LogP contribution < -0.4 is 4.90 Å². The standard InChI is InChI=1S/C48H30N2O/c1-2-16-34(17-3-1)49-45-28-32-14-5-4-13-31(32)27-42(45)39-26-25-35(30-46(39)49)50(43-23-12-22-41-40-21-10-11-24-47(40)51-48(41)43)44-29-33-15-6-7-18-36(33)37-19-8-9-20-38(37)44/h1-30H. The Labute approximate surface area is 293 Å². The molecule has 238 valence electrons. The fourth-order valence-electron chi connectivity index (χ4n) is 8.22. The quantitative estimate of drug-likeness (QED) is 0.177. The second-order valence-electron chi connectivity index (χ2n) is 13.3. The van der Waals surface area contributed by atoms with Crippen molar-refractivity contribution < 1.29 is 4.42 Å². The molecule has 2 aromatic heterocycles. The number of rotatable bonds is 4. The van der Waals surface area contributed by atoms with Crippen LogP contribution in [0, 0.1) is 0 Å². The Morgan fingerprint density at radius 3 is 1.86 bits per heavy atom. The number of fused-ring (bicyclic) bond motifs is 10. The summed E-state index contributed by atoms with van der Waals surface area (Å²) in [7, 11) is 0. The Bertz CT molecular complexity index is 3150. The van der Waals surface area contributed by atoms with Crippen molar-refractivity contribution in [3.8, 4) is 5.69 Å². The average molecular weight is 651 g/mol. The summed E-state index contributed by atoms with van der Waals surface area (Å²) in [5, 5.41) is 12.0. The second kappa shape index (κ2) is 10.8. The smallest absolute Gasteiger partial charge is 0.159 e. The molecule has 2 heterocycles. The molecule has 0 N–H and O–H groups in total. The Hall–Kier alpha value is -6.84. The summed E-state index contributed by atoms with van der Waals surface area (Å²) in [4.78, 5) is 2.41. The van der Waals surface area contributed by atoms with Crippen molar-refractivity contribution in [2.24, 2.45) is 0 Å². The minimum absolute atomic E-state index is 0.867. The van der Waals surface area contributed by atoms with Gasteiger partial charge in [-0.05, 0) is 81.5 Å². The molecule has 0 unspecified atom stereocenters. The molecule has 0 amide bonds. The fraction of sp³-hybridized carbons (Fsp3) is 0. The van der Waals surface area contributed by atoms with Crippen molar-refractivity contribution >= 4 is 93.1 Å². The first-order chi connectivity index (χ1) is 25.3. The van der Waals surface area contributed by atoms with E-state index < -0.39 is 0 Å². The van der Waals surface area contributed by atoms with E-state index in [0.29, 0.717) is 0 Å². The maximum Gasteiger partial charge on any atom is 0.159 e. The lowest BCUT2D eigenvalue weighted by molar-refractivity contribution is 0.669. The second-order valence-corrected chi connectivity index (χ2v) is 13.3. The highest BCUT2D eigenvalue weighted by Crippen LogP contribution is 2.47. The van der Waals surface area contributed by atoms with Crippen LogP contribution in [0.3, 0.4) is 0 Å². The van der Waals surface area contributed by atoms with Crippen LogP contribution in [0.2, 0.25) is 0 Å². The number of hydrogen-bond acceptors (Lipinski definition) is 2. The van der Waals surface area contributed by atoms with Crippen LogP contribution in [0.25, 0.3) is 81.7 Å². The van der Waals surface area contributed by atoms with Gasteiger partial charge in [-0.1, -0.05) is 127 Å². The van der Waals surface area contributed by atoms with E-state index >= 15 is 0 Å². The number of benzene rings is 9. The van der Waals surface area contributed by atoms with Crippen LogP contribution >= 0.6 is 0 Å². The molecule has 11 rings (SSSR count). The van der Waals surface area contributed by atoms with Gasteiger partial charge in [0.05, 0.1) is 22.4 Å². The first-order valence-corrected chi connectivity index (χ1v) is 17.4. The normalized spacial score (nSPS) is 11.9. The van der Waals surface area contributed by atoms with Gasteiger partial charge < -0.3 is 13.9 Å². The number of hydrogen-bond donors (Lipinski definition) is 0. The van der Waals surface area contributed by atoms with Gasteiger partial charge in [0.1, 0.15) is 5.58 Å². The molecule has 0 fully saturated rings. The third-order valence-corrected chi connectivity index (χ3v) is 10.5. The van der Waals surface area contributed by atoms with Gasteiger partial charge in [-0.3, -0.25) is 0 Å². The third kappa shape index (κ3) is 4.19. The fourth-order valence-corrected chi connectivity index (χ4v) is 8.22. The molecule has 0 saturated carbocycles. The Kier molecular flexibility index (Phi) is 5.96. The molecule has 11 aromatic rings. The predicted molar refractivity (Wildman–Crippen MR) is 215 cm³/mol. The van der Waals surface area contributed by atoms with Crippen LogP contribution in [0.15, 0.2) is 186 Å². The van der Waals surface area contributed by atoms with Crippen LogP contribution in [-0.2, 0) is 0 Å². The predicted octanol–water partition coefficient (Wildman–Crippen LogP) is 13.6. The molecule has 51 heavy (non-hydrogen) atoms. The molecule has 0 saturated heterocycles. The summed E-state index contributed by atoms with van der Waals surface area (Å²) >= 11 is 0. The number of furan rings is 1. The maximum absolute atomic E-state index is 6.73. The topological polar surface area (TPSA) is 21.3 Å². The zero-order valence-corrected chi connectivity index (χ0v) is 27.6. The Morgan fingerprint density at radius 2 is 1.02 bits per heavy atom. The van der Waals surface area contributed by atoms with Gasteiger partial charge in [0.15, 0.2) is 5.58 Å². The third-order valence-electron chi connectivity index (χ3n) is 10.5. The van der Waals surface area contributed by atoms with E-state index in [0.717, 1.165) is 50.2 Å². The summed E-state index contributed by atoms with van der Waals surface area (Å²) < 4.78 is 9.15. The number of para-hydroxylation sites is 3. The van der Waals surface area contributed by atoms with Crippen molar-refractivity contribution in [2.75, 3.05) is 4.90 Å². The van der Waals surface area contributed by atoms with Crippen LogP contribution in [-0.4, -0.2) is 4.57 Å². The molecule has 0 atom stereocenters. The zero-order chi connectivity index (χ0) is 33.5. The van der Waals surface area contributed by atoms with E-state index in [4.69, 9.17) is 4.42 Å². The van der Waals surface area contributed by atoms with E-state index in [-0.39, 0.29) is 0 Å². The molecule has 3 heteroatoms. The van der Waals surface area contributed by atoms with Gasteiger partial charge in [-0.25, -0.2) is 0 Å². The number of anilines is 3. The minimum atomic E-state index is 0.867. The molecule has 3 nitrogen and oxygen atoms in total. The molecule has 9 aromatic carbocycles. The van der Waals surface area contributed by atoms with Crippen molar-refractivity contribution in [3.63, 3.8) is 0 Å². The highest BCUT2D eigenvalue weighted by Gasteiger charge is 2.23. The van der Waals surface area contributed by atoms with Gasteiger partial charge in [0.25, 0.3) is 0 Å². The summed E-state index contributed by atoms with van der Waals surface area (Å²) in [5.41, 5.74) is 8.37. The van der Waals surface area contributed by atoms with Crippen LogP contribution in [0.4, 0.5) is 17.1 Å². The van der Waals surface area contributed by atoms with Gasteiger partial charge in [-0.2, -0.15) is 0 Å². The molecule has 0 aliphatic rings. The lowest BCUT2D eigenvalue weighted by Crippen LogP contribution is -2.11. The molecule has 0 radical (unpaired) electrons. The first-order valence-electron chi connectivity index (χ1n) is 17.4. The van der Waals surface area contributed by atoms with Gasteiger partial charge in [0, 0.05) is 38.3 Å². The number of nitrogens with zero attached hydrogens (tertiary/aromatic N) is 2. The molecule has 0 spiro atoms. The van der Waals surface area contributed by atoms with E-state index in [1.165, 1.54) is 48.6 Å². The minimum Gasteiger partial charge on any atom is -0.454 e. The van der Waals surface area contributed by atoms with E-state index in [2.05, 4.69) is 185 Å². The Morgan fingerprint density at radius 1 is 0.373 bits per heavy atom. The molecular formula is C48H30N2O. The Balaban J connectivity index is 1.27. The summed E-state index contributed by atoms with van der Waals surface area (Å²) in [6.45, 7) is 0. The van der Waals surface area contributed by atoms with Crippen molar-refractivity contribution in [2.45, 2.75) is 0 Å². The summed E-state index contributed by atoms with van der Waals surface area (Å²) in [6.07, 6.45) is 0. The van der Waals surface area contributed by atoms with E-state index in [1.54, 1.807) is 0 Å². The molecular weight excluding hydrogens is 621 g/mol. The molecule has 0 aliphatic heterocycles. The van der Waals surface area contributed by atoms with E-state index in [1.807, 2.05) is 6.07 Å². The first kappa shape index (κ1) is 28.0. The maximum atomic E-state index is 6.73. The summed E-state index contributed by atoms with van der Waals surface area (Å²) in [6, 6.07) is 65.6. The van der Waals surface area contributed by atoms with Gasteiger partial charge >= 0.3 is 0 Å². The monoisotopic (exact) mass is 650 g/mol. The largest absolute Gasteiger partial charge is 0.454 e. The van der Waals surface area contributed by atoms with Crippen molar-refractivity contribution in [1.29, 1.82) is 0 Å². The van der Waals surface area contributed by atoms with Crippen LogP contribution in [0.1, 0.15) is 0 Å². The van der Waals surface area contributed by atoms with Gasteiger partial charge in [-0.15, -0.1) is 0 Å².